The Labute approximate surface area is 146 Å². The number of aromatic nitrogens is 4. The topological polar surface area (TPSA) is 99.8 Å². The maximum absolute atomic E-state index is 12.9. The molecule has 2 N–H and O–H groups in total. The molecule has 0 aliphatic heterocycles. The van der Waals surface area contributed by atoms with E-state index in [1.54, 1.807) is 17.0 Å². The molecule has 124 valence electrons. The van der Waals surface area contributed by atoms with Crippen molar-refractivity contribution in [2.75, 3.05) is 5.73 Å². The summed E-state index contributed by atoms with van der Waals surface area (Å²) in [6.45, 7) is 0. The lowest BCUT2D eigenvalue weighted by atomic mass is 10.0. The third-order valence-corrected chi connectivity index (χ3v) is 4.92. The Morgan fingerprint density at radius 2 is 1.96 bits per heavy atom. The van der Waals surface area contributed by atoms with Crippen molar-refractivity contribution < 1.29 is 4.52 Å². The molecule has 0 atom stereocenters. The van der Waals surface area contributed by atoms with Gasteiger partial charge in [-0.1, -0.05) is 28.9 Å². The van der Waals surface area contributed by atoms with Gasteiger partial charge >= 0.3 is 0 Å². The number of nitrogen functional groups attached to an aromatic ring is 1. The van der Waals surface area contributed by atoms with Crippen molar-refractivity contribution in [2.24, 2.45) is 0 Å². The van der Waals surface area contributed by atoms with Gasteiger partial charge in [-0.15, -0.1) is 0 Å². The van der Waals surface area contributed by atoms with Crippen LogP contribution >= 0.6 is 11.6 Å². The first-order valence-corrected chi connectivity index (χ1v) is 8.21. The molecule has 0 spiro atoms. The summed E-state index contributed by atoms with van der Waals surface area (Å²) >= 11 is 6.73. The molecule has 1 saturated carbocycles. The number of anilines is 1. The first-order valence-electron chi connectivity index (χ1n) is 7.84. The normalized spacial score (nSPS) is 14.4. The second-order valence-corrected chi connectivity index (χ2v) is 6.51. The molecule has 7 nitrogen and oxygen atoms in total. The molecular weight excluding hydrogens is 342 g/mol. The number of hydrogen-bond acceptors (Lipinski definition) is 6. The van der Waals surface area contributed by atoms with Crippen molar-refractivity contribution in [2.45, 2.75) is 18.9 Å². The van der Waals surface area contributed by atoms with Crippen molar-refractivity contribution in [1.29, 1.82) is 0 Å². The molecule has 25 heavy (non-hydrogen) atoms. The summed E-state index contributed by atoms with van der Waals surface area (Å²) in [4.78, 5) is 20.9. The van der Waals surface area contributed by atoms with E-state index in [0.717, 1.165) is 29.4 Å². The molecule has 1 aromatic carbocycles. The van der Waals surface area contributed by atoms with Gasteiger partial charge in [0.15, 0.2) is 5.52 Å². The van der Waals surface area contributed by atoms with E-state index >= 15 is 0 Å². The molecule has 0 unspecified atom stereocenters. The first kappa shape index (κ1) is 14.4. The fourth-order valence-corrected chi connectivity index (χ4v) is 3.56. The van der Waals surface area contributed by atoms with Crippen LogP contribution in [0, 0.1) is 0 Å². The molecule has 0 bridgehead atoms. The lowest BCUT2D eigenvalue weighted by Gasteiger charge is -2.14. The summed E-state index contributed by atoms with van der Waals surface area (Å²) in [5, 5.41) is 5.86. The molecule has 3 aromatic heterocycles. The second-order valence-electron chi connectivity index (χ2n) is 6.14. The van der Waals surface area contributed by atoms with E-state index in [4.69, 9.17) is 21.9 Å². The largest absolute Gasteiger partial charge is 0.368 e. The van der Waals surface area contributed by atoms with Gasteiger partial charge in [0, 0.05) is 34.9 Å². The van der Waals surface area contributed by atoms with Crippen LogP contribution in [0.25, 0.3) is 32.9 Å². The van der Waals surface area contributed by atoms with Gasteiger partial charge < -0.3 is 14.8 Å². The maximum atomic E-state index is 12.9. The SMILES string of the molecule is Nc1ncc(-c2ccc3c4conc4c(=O)n(C4CC4)c3c2Cl)cn1. The predicted octanol–water partition coefficient (Wildman–Crippen LogP) is 3.17. The van der Waals surface area contributed by atoms with Crippen LogP contribution in [0.4, 0.5) is 5.95 Å². The minimum atomic E-state index is -0.175. The summed E-state index contributed by atoms with van der Waals surface area (Å²) in [7, 11) is 0. The van der Waals surface area contributed by atoms with E-state index in [1.807, 2.05) is 12.1 Å². The minimum absolute atomic E-state index is 0.145. The molecule has 5 rings (SSSR count). The summed E-state index contributed by atoms with van der Waals surface area (Å²) in [6.07, 6.45) is 6.62. The van der Waals surface area contributed by atoms with E-state index in [0.29, 0.717) is 21.4 Å². The molecular formula is C17H12ClN5O2. The fourth-order valence-electron chi connectivity index (χ4n) is 3.20. The van der Waals surface area contributed by atoms with Crippen LogP contribution in [0.3, 0.4) is 0 Å². The summed E-state index contributed by atoms with van der Waals surface area (Å²) in [5.74, 6) is 0.196. The molecule has 3 heterocycles. The summed E-state index contributed by atoms with van der Waals surface area (Å²) < 4.78 is 6.78. The van der Waals surface area contributed by atoms with Gasteiger partial charge in [-0.25, -0.2) is 9.97 Å². The van der Waals surface area contributed by atoms with E-state index in [1.165, 1.54) is 6.26 Å². The number of benzene rings is 1. The van der Waals surface area contributed by atoms with Crippen LogP contribution in [-0.2, 0) is 0 Å². The monoisotopic (exact) mass is 353 g/mol. The molecule has 0 amide bonds. The third-order valence-electron chi connectivity index (χ3n) is 4.53. The number of nitrogens with zero attached hydrogens (tertiary/aromatic N) is 4. The molecule has 1 aliphatic carbocycles. The highest BCUT2D eigenvalue weighted by molar-refractivity contribution is 6.38. The van der Waals surface area contributed by atoms with Gasteiger partial charge in [-0.05, 0) is 12.8 Å². The van der Waals surface area contributed by atoms with Crippen molar-refractivity contribution in [3.63, 3.8) is 0 Å². The number of fused-ring (bicyclic) bond motifs is 3. The predicted molar refractivity (Wildman–Crippen MR) is 94.5 cm³/mol. The molecule has 1 aliphatic rings. The van der Waals surface area contributed by atoms with Crippen molar-refractivity contribution in [3.05, 3.63) is 46.2 Å². The Balaban J connectivity index is 1.91. The van der Waals surface area contributed by atoms with Crippen LogP contribution < -0.4 is 11.3 Å². The van der Waals surface area contributed by atoms with E-state index < -0.39 is 0 Å². The molecule has 1 fully saturated rings. The van der Waals surface area contributed by atoms with Crippen LogP contribution in [0.1, 0.15) is 18.9 Å². The van der Waals surface area contributed by atoms with Crippen molar-refractivity contribution in [3.8, 4) is 11.1 Å². The highest BCUT2D eigenvalue weighted by Gasteiger charge is 2.29. The molecule has 4 aromatic rings. The molecule has 8 heteroatoms. The number of hydrogen-bond donors (Lipinski definition) is 1. The highest BCUT2D eigenvalue weighted by atomic mass is 35.5. The van der Waals surface area contributed by atoms with E-state index in [9.17, 15) is 4.79 Å². The zero-order chi connectivity index (χ0) is 17.1. The average Bonchev–Trinajstić information content (AvgIpc) is 3.32. The number of halogens is 1. The second kappa shape index (κ2) is 5.03. The van der Waals surface area contributed by atoms with Gasteiger partial charge in [0.05, 0.1) is 15.9 Å². The van der Waals surface area contributed by atoms with Gasteiger partial charge in [0.1, 0.15) is 6.26 Å². The molecule has 0 radical (unpaired) electrons. The number of nitrogens with two attached hydrogens (primary N) is 1. The third kappa shape index (κ3) is 2.05. The lowest BCUT2D eigenvalue weighted by molar-refractivity contribution is 0.427. The fraction of sp³-hybridized carbons (Fsp3) is 0.176. The number of pyridine rings is 1. The Kier molecular flexibility index (Phi) is 2.90. The Bertz CT molecular complexity index is 1190. The van der Waals surface area contributed by atoms with Crippen molar-refractivity contribution in [1.82, 2.24) is 19.7 Å². The van der Waals surface area contributed by atoms with Gasteiger partial charge in [0.2, 0.25) is 5.95 Å². The first-order chi connectivity index (χ1) is 12.1. The average molecular weight is 354 g/mol. The zero-order valence-corrected chi connectivity index (χ0v) is 13.7. The van der Waals surface area contributed by atoms with Gasteiger partial charge in [-0.3, -0.25) is 4.79 Å². The quantitative estimate of drug-likeness (QED) is 0.594. The molecule has 0 saturated heterocycles. The van der Waals surface area contributed by atoms with Crippen LogP contribution in [-0.4, -0.2) is 19.7 Å². The van der Waals surface area contributed by atoms with Crippen LogP contribution in [0.15, 0.2) is 40.1 Å². The van der Waals surface area contributed by atoms with Crippen LogP contribution in [0.5, 0.6) is 0 Å². The smallest absolute Gasteiger partial charge is 0.281 e. The maximum Gasteiger partial charge on any atom is 0.281 e. The standard InChI is InChI=1S/C17H12ClN5O2/c18-13-10(8-5-20-17(19)21-6-8)3-4-11-12-7-25-22-14(12)16(24)23(15(11)13)9-1-2-9/h3-7,9H,1-2H2,(H2,19,20,21). The Hall–Kier alpha value is -2.93. The lowest BCUT2D eigenvalue weighted by Crippen LogP contribution is -2.20. The van der Waals surface area contributed by atoms with Crippen molar-refractivity contribution >= 4 is 39.4 Å². The Morgan fingerprint density at radius 1 is 1.20 bits per heavy atom. The van der Waals surface area contributed by atoms with E-state index in [-0.39, 0.29) is 17.5 Å². The van der Waals surface area contributed by atoms with Crippen LogP contribution in [0.2, 0.25) is 5.02 Å². The number of rotatable bonds is 2. The van der Waals surface area contributed by atoms with Gasteiger partial charge in [-0.2, -0.15) is 0 Å². The highest BCUT2D eigenvalue weighted by Crippen LogP contribution is 2.41. The minimum Gasteiger partial charge on any atom is -0.368 e. The summed E-state index contributed by atoms with van der Waals surface area (Å²) in [6, 6.07) is 3.95. The Morgan fingerprint density at radius 3 is 2.68 bits per heavy atom. The van der Waals surface area contributed by atoms with E-state index in [2.05, 4.69) is 15.1 Å². The van der Waals surface area contributed by atoms with Gasteiger partial charge in [0.25, 0.3) is 5.56 Å². The zero-order valence-electron chi connectivity index (χ0n) is 12.9. The summed E-state index contributed by atoms with van der Waals surface area (Å²) in [5.41, 5.74) is 7.90.